The number of piperidine rings is 1. The molecular formula is C16H26Cl2N4O. The average Bonchev–Trinajstić information content (AvgIpc) is 3.08. The maximum Gasteiger partial charge on any atom is 0.257 e. The molecular weight excluding hydrogens is 335 g/mol. The number of hydrogen-bond donors (Lipinski definition) is 1. The van der Waals surface area contributed by atoms with Crippen molar-refractivity contribution in [2.75, 3.05) is 38.1 Å². The quantitative estimate of drug-likeness (QED) is 0.898. The van der Waals surface area contributed by atoms with Gasteiger partial charge in [-0.05, 0) is 44.9 Å². The SMILES string of the molecule is CNC1CCCN(C(=O)c2cccnc2N2CCCC2)C1.Cl.Cl. The Morgan fingerprint density at radius 3 is 2.65 bits per heavy atom. The van der Waals surface area contributed by atoms with Gasteiger partial charge >= 0.3 is 0 Å². The zero-order valence-corrected chi connectivity index (χ0v) is 15.2. The van der Waals surface area contributed by atoms with Crippen molar-refractivity contribution >= 4 is 36.5 Å². The van der Waals surface area contributed by atoms with Crippen LogP contribution in [0.4, 0.5) is 5.82 Å². The van der Waals surface area contributed by atoms with Gasteiger partial charge in [-0.15, -0.1) is 24.8 Å². The van der Waals surface area contributed by atoms with Crippen molar-refractivity contribution in [3.05, 3.63) is 23.9 Å². The van der Waals surface area contributed by atoms with Crippen molar-refractivity contribution in [1.29, 1.82) is 0 Å². The van der Waals surface area contributed by atoms with Crippen molar-refractivity contribution < 1.29 is 4.79 Å². The lowest BCUT2D eigenvalue weighted by molar-refractivity contribution is 0.0698. The van der Waals surface area contributed by atoms with Crippen molar-refractivity contribution in [2.45, 2.75) is 31.7 Å². The second-order valence-corrected chi connectivity index (χ2v) is 5.95. The summed E-state index contributed by atoms with van der Waals surface area (Å²) in [5.74, 6) is 0.997. The zero-order valence-electron chi connectivity index (χ0n) is 13.5. The van der Waals surface area contributed by atoms with Crippen LogP contribution in [0.25, 0.3) is 0 Å². The molecule has 2 saturated heterocycles. The van der Waals surface area contributed by atoms with Crippen LogP contribution in [0.3, 0.4) is 0 Å². The Labute approximate surface area is 150 Å². The standard InChI is InChI=1S/C16H24N4O.2ClH/c1-17-13-6-5-11-20(12-13)16(21)14-7-4-8-18-15(14)19-9-2-3-10-19;;/h4,7-8,13,17H,2-3,5-6,9-12H2,1H3;2*1H. The highest BCUT2D eigenvalue weighted by atomic mass is 35.5. The molecule has 2 fully saturated rings. The van der Waals surface area contributed by atoms with E-state index in [9.17, 15) is 4.79 Å². The summed E-state index contributed by atoms with van der Waals surface area (Å²) in [5.41, 5.74) is 0.760. The molecule has 0 bridgehead atoms. The van der Waals surface area contributed by atoms with Crippen LogP contribution in [0.5, 0.6) is 0 Å². The fourth-order valence-corrected chi connectivity index (χ4v) is 3.31. The Kier molecular flexibility index (Phi) is 8.09. The number of likely N-dealkylation sites (tertiary alicyclic amines) is 1. The predicted octanol–water partition coefficient (Wildman–Crippen LogP) is 2.35. The van der Waals surface area contributed by atoms with Gasteiger partial charge in [0.2, 0.25) is 0 Å². The van der Waals surface area contributed by atoms with E-state index < -0.39 is 0 Å². The van der Waals surface area contributed by atoms with E-state index in [0.717, 1.165) is 50.4 Å². The number of nitrogens with one attached hydrogen (secondary N) is 1. The van der Waals surface area contributed by atoms with Gasteiger partial charge in [0.25, 0.3) is 5.91 Å². The molecule has 5 nitrogen and oxygen atoms in total. The number of carbonyl (C=O) groups is 1. The molecule has 0 spiro atoms. The van der Waals surface area contributed by atoms with Gasteiger partial charge in [-0.25, -0.2) is 4.98 Å². The number of nitrogens with zero attached hydrogens (tertiary/aromatic N) is 3. The predicted molar refractivity (Wildman–Crippen MR) is 98.2 cm³/mol. The molecule has 0 radical (unpaired) electrons. The molecule has 130 valence electrons. The largest absolute Gasteiger partial charge is 0.356 e. The van der Waals surface area contributed by atoms with Crippen molar-refractivity contribution in [2.24, 2.45) is 0 Å². The Morgan fingerprint density at radius 2 is 1.96 bits per heavy atom. The van der Waals surface area contributed by atoms with Gasteiger partial charge in [-0.2, -0.15) is 0 Å². The summed E-state index contributed by atoms with van der Waals surface area (Å²) in [7, 11) is 1.97. The topological polar surface area (TPSA) is 48.5 Å². The van der Waals surface area contributed by atoms with Crippen LogP contribution in [-0.2, 0) is 0 Å². The smallest absolute Gasteiger partial charge is 0.257 e. The third-order valence-corrected chi connectivity index (χ3v) is 4.54. The number of rotatable bonds is 3. The second-order valence-electron chi connectivity index (χ2n) is 5.95. The van der Waals surface area contributed by atoms with E-state index in [1.54, 1.807) is 6.20 Å². The Hall–Kier alpha value is -1.04. The highest BCUT2D eigenvalue weighted by Crippen LogP contribution is 2.24. The van der Waals surface area contributed by atoms with E-state index >= 15 is 0 Å². The molecule has 3 rings (SSSR count). The summed E-state index contributed by atoms with van der Waals surface area (Å²) >= 11 is 0. The average molecular weight is 361 g/mol. The number of likely N-dealkylation sites (N-methyl/N-ethyl adjacent to an activating group) is 1. The number of pyridine rings is 1. The fourth-order valence-electron chi connectivity index (χ4n) is 3.31. The van der Waals surface area contributed by atoms with Crippen molar-refractivity contribution in [3.8, 4) is 0 Å². The first-order valence-electron chi connectivity index (χ1n) is 7.96. The molecule has 7 heteroatoms. The molecule has 23 heavy (non-hydrogen) atoms. The lowest BCUT2D eigenvalue weighted by Crippen LogP contribution is -2.47. The number of hydrogen-bond acceptors (Lipinski definition) is 4. The van der Waals surface area contributed by atoms with E-state index in [2.05, 4.69) is 15.2 Å². The third-order valence-electron chi connectivity index (χ3n) is 4.54. The third kappa shape index (κ3) is 4.49. The fraction of sp³-hybridized carbons (Fsp3) is 0.625. The first-order valence-corrected chi connectivity index (χ1v) is 7.96. The molecule has 1 aromatic rings. The van der Waals surface area contributed by atoms with Crippen LogP contribution in [0.1, 0.15) is 36.0 Å². The number of aromatic nitrogens is 1. The first kappa shape index (κ1) is 20.0. The van der Waals surface area contributed by atoms with Crippen LogP contribution in [0, 0.1) is 0 Å². The van der Waals surface area contributed by atoms with E-state index in [4.69, 9.17) is 0 Å². The van der Waals surface area contributed by atoms with Gasteiger partial charge in [0, 0.05) is 38.4 Å². The monoisotopic (exact) mass is 360 g/mol. The molecule has 1 aromatic heterocycles. The molecule has 3 heterocycles. The summed E-state index contributed by atoms with van der Waals surface area (Å²) in [5, 5.41) is 3.29. The molecule has 0 aliphatic carbocycles. The van der Waals surface area contributed by atoms with Crippen LogP contribution >= 0.6 is 24.8 Å². The summed E-state index contributed by atoms with van der Waals surface area (Å²) in [6.45, 7) is 3.67. The Morgan fingerprint density at radius 1 is 1.22 bits per heavy atom. The summed E-state index contributed by atoms with van der Waals surface area (Å²) in [4.78, 5) is 21.6. The molecule has 0 saturated carbocycles. The zero-order chi connectivity index (χ0) is 14.7. The van der Waals surface area contributed by atoms with Gasteiger partial charge in [0.05, 0.1) is 5.56 Å². The normalized spacial score (nSPS) is 20.7. The van der Waals surface area contributed by atoms with Crippen LogP contribution in [0.2, 0.25) is 0 Å². The van der Waals surface area contributed by atoms with E-state index in [1.807, 2.05) is 24.1 Å². The first-order chi connectivity index (χ1) is 10.3. The van der Waals surface area contributed by atoms with Crippen molar-refractivity contribution in [1.82, 2.24) is 15.2 Å². The Balaban J connectivity index is 0.00000132. The summed E-state index contributed by atoms with van der Waals surface area (Å²) in [6, 6.07) is 4.20. The van der Waals surface area contributed by atoms with Crippen LogP contribution < -0.4 is 10.2 Å². The van der Waals surface area contributed by atoms with Gasteiger partial charge in [-0.1, -0.05) is 0 Å². The molecule has 1 unspecified atom stereocenters. The maximum absolute atomic E-state index is 12.9. The number of anilines is 1. The second kappa shape index (κ2) is 9.30. The van der Waals surface area contributed by atoms with Gasteiger partial charge < -0.3 is 15.1 Å². The molecule has 2 aliphatic heterocycles. The van der Waals surface area contributed by atoms with E-state index in [1.165, 1.54) is 12.8 Å². The van der Waals surface area contributed by atoms with Gasteiger partial charge in [-0.3, -0.25) is 4.79 Å². The minimum absolute atomic E-state index is 0. The molecule has 1 atom stereocenters. The lowest BCUT2D eigenvalue weighted by atomic mass is 10.0. The van der Waals surface area contributed by atoms with Crippen molar-refractivity contribution in [3.63, 3.8) is 0 Å². The van der Waals surface area contributed by atoms with Gasteiger partial charge in [0.15, 0.2) is 0 Å². The number of amides is 1. The maximum atomic E-state index is 12.9. The van der Waals surface area contributed by atoms with E-state index in [0.29, 0.717) is 6.04 Å². The highest BCUT2D eigenvalue weighted by molar-refractivity contribution is 5.99. The minimum atomic E-state index is 0. The minimum Gasteiger partial charge on any atom is -0.356 e. The van der Waals surface area contributed by atoms with E-state index in [-0.39, 0.29) is 30.7 Å². The number of carbonyl (C=O) groups excluding carboxylic acids is 1. The molecule has 1 amide bonds. The molecule has 0 aromatic carbocycles. The van der Waals surface area contributed by atoms with Crippen LogP contribution in [0.15, 0.2) is 18.3 Å². The Bertz CT molecular complexity index is 509. The summed E-state index contributed by atoms with van der Waals surface area (Å²) < 4.78 is 0. The lowest BCUT2D eigenvalue weighted by Gasteiger charge is -2.33. The molecule has 2 aliphatic rings. The number of halogens is 2. The summed E-state index contributed by atoms with van der Waals surface area (Å²) in [6.07, 6.45) is 6.38. The highest BCUT2D eigenvalue weighted by Gasteiger charge is 2.27. The van der Waals surface area contributed by atoms with Gasteiger partial charge in [0.1, 0.15) is 5.82 Å². The van der Waals surface area contributed by atoms with Crippen LogP contribution in [-0.4, -0.2) is 55.1 Å². The molecule has 1 N–H and O–H groups in total.